The molecule has 1 N–H and O–H groups in total. The fourth-order valence-electron chi connectivity index (χ4n) is 4.74. The third-order valence-corrected chi connectivity index (χ3v) is 6.43. The zero-order valence-electron chi connectivity index (χ0n) is 19.8. The van der Waals surface area contributed by atoms with E-state index in [2.05, 4.69) is 60.5 Å². The van der Waals surface area contributed by atoms with Gasteiger partial charge in [0.05, 0.1) is 6.10 Å². The van der Waals surface area contributed by atoms with Crippen LogP contribution in [0.25, 0.3) is 0 Å². The minimum Gasteiger partial charge on any atom is -0.550 e. The van der Waals surface area contributed by atoms with E-state index < -0.39 is 24.3 Å². The average Bonchev–Trinajstić information content (AvgIpc) is 2.86. The number of piperidine rings is 1. The molecule has 6 nitrogen and oxygen atoms in total. The van der Waals surface area contributed by atoms with Crippen molar-refractivity contribution in [2.24, 2.45) is 0 Å². The minimum absolute atomic E-state index is 0.142. The summed E-state index contributed by atoms with van der Waals surface area (Å²) in [7, 11) is 2.13. The Kier molecular flexibility index (Phi) is 9.58. The molecule has 1 heterocycles. The van der Waals surface area contributed by atoms with E-state index in [9.17, 15) is 24.9 Å². The van der Waals surface area contributed by atoms with Crippen molar-refractivity contribution in [2.75, 3.05) is 13.6 Å². The van der Waals surface area contributed by atoms with Crippen LogP contribution >= 0.6 is 0 Å². The van der Waals surface area contributed by atoms with Crippen molar-refractivity contribution in [3.8, 4) is 0 Å². The van der Waals surface area contributed by atoms with E-state index in [4.69, 9.17) is 0 Å². The molecule has 4 rings (SSSR count). The summed E-state index contributed by atoms with van der Waals surface area (Å²) in [4.78, 5) is 23.2. The van der Waals surface area contributed by atoms with Crippen molar-refractivity contribution in [1.82, 2.24) is 4.90 Å². The lowest BCUT2D eigenvalue weighted by Crippen LogP contribution is -2.49. The second-order valence-corrected chi connectivity index (χ2v) is 8.84. The summed E-state index contributed by atoms with van der Waals surface area (Å²) in [6.45, 7) is 1.05. The van der Waals surface area contributed by atoms with Gasteiger partial charge in [0.1, 0.15) is 0 Å². The summed E-state index contributed by atoms with van der Waals surface area (Å²) in [6.07, 6.45) is 1.14. The molecule has 35 heavy (non-hydrogen) atoms. The number of hydrogen-bond donors (Lipinski definition) is 1. The predicted octanol–water partition coefficient (Wildman–Crippen LogP) is 1.93. The first-order valence-electron chi connectivity index (χ1n) is 11.8. The van der Waals surface area contributed by atoms with E-state index >= 15 is 0 Å². The molecule has 3 aromatic carbocycles. The number of aliphatic hydroxyl groups is 1. The number of nitrogens with zero attached hydrogens (tertiary/aromatic N) is 1. The minimum atomic E-state index is -1.40. The maximum absolute atomic E-state index is 10.6. The lowest BCUT2D eigenvalue weighted by Gasteiger charge is -2.42. The summed E-state index contributed by atoms with van der Waals surface area (Å²) in [5.74, 6) is -3.72. The Morgan fingerprint density at radius 2 is 1.31 bits per heavy atom. The van der Waals surface area contributed by atoms with E-state index in [1.165, 1.54) is 11.1 Å². The van der Waals surface area contributed by atoms with Gasteiger partial charge in [0.15, 0.2) is 0 Å². The average molecular weight is 474 g/mol. The second kappa shape index (κ2) is 12.8. The molecule has 0 bridgehead atoms. The zero-order chi connectivity index (χ0) is 25.2. The molecule has 0 amide bonds. The molecule has 1 saturated heterocycles. The van der Waals surface area contributed by atoms with Crippen LogP contribution in [-0.4, -0.2) is 47.7 Å². The van der Waals surface area contributed by atoms with Crippen LogP contribution in [0, 0.1) is 0 Å². The first-order chi connectivity index (χ1) is 16.9. The first kappa shape index (κ1) is 26.1. The number of carboxylic acid groups (broad SMARTS) is 2. The number of aliphatic hydroxyl groups excluding tert-OH is 1. The van der Waals surface area contributed by atoms with Gasteiger partial charge in [0, 0.05) is 29.8 Å². The van der Waals surface area contributed by atoms with Gasteiger partial charge in [-0.1, -0.05) is 91.0 Å². The van der Waals surface area contributed by atoms with Gasteiger partial charge in [-0.05, 0) is 49.5 Å². The van der Waals surface area contributed by atoms with Crippen LogP contribution in [0.15, 0.2) is 91.0 Å². The van der Waals surface area contributed by atoms with Crippen molar-refractivity contribution in [3.05, 3.63) is 108 Å². The van der Waals surface area contributed by atoms with Crippen molar-refractivity contribution < 1.29 is 24.9 Å². The monoisotopic (exact) mass is 473 g/mol. The van der Waals surface area contributed by atoms with Gasteiger partial charge < -0.3 is 24.9 Å². The quantitative estimate of drug-likeness (QED) is 0.562. The normalized spacial score (nSPS) is 18.8. The van der Waals surface area contributed by atoms with E-state index in [1.807, 2.05) is 12.1 Å². The molecule has 0 aliphatic carbocycles. The molecule has 0 saturated carbocycles. The van der Waals surface area contributed by atoms with Crippen molar-refractivity contribution in [1.29, 1.82) is 0 Å². The molecule has 184 valence electrons. The van der Waals surface area contributed by atoms with Gasteiger partial charge >= 0.3 is 0 Å². The van der Waals surface area contributed by atoms with Gasteiger partial charge in [-0.3, -0.25) is 4.90 Å². The van der Waals surface area contributed by atoms with Crippen LogP contribution in [0.2, 0.25) is 0 Å². The largest absolute Gasteiger partial charge is 0.550 e. The number of carbonyl (C=O) groups is 2. The van der Waals surface area contributed by atoms with Crippen molar-refractivity contribution in [2.45, 2.75) is 43.2 Å². The zero-order valence-corrected chi connectivity index (χ0v) is 19.8. The van der Waals surface area contributed by atoms with Gasteiger partial charge in [0.25, 0.3) is 0 Å². The summed E-state index contributed by atoms with van der Waals surface area (Å²) in [5.41, 5.74) is 2.97. The fraction of sp³-hybridized carbons (Fsp3) is 0.310. The SMILES string of the molecule is CN1CCCC(O)C1C(c1ccccc1)c1ccccc1.O=C([O-])CC(C(=O)[O-])c1ccccc1. The molecule has 0 aromatic heterocycles. The number of carbonyl (C=O) groups excluding carboxylic acids is 2. The van der Waals surface area contributed by atoms with Crippen LogP contribution in [0.3, 0.4) is 0 Å². The molecule has 0 spiro atoms. The summed E-state index contributed by atoms with van der Waals surface area (Å²) >= 11 is 0. The van der Waals surface area contributed by atoms with E-state index in [0.717, 1.165) is 19.4 Å². The van der Waals surface area contributed by atoms with Gasteiger partial charge in [-0.25, -0.2) is 0 Å². The van der Waals surface area contributed by atoms with Crippen molar-refractivity contribution >= 4 is 11.9 Å². The Morgan fingerprint density at radius 1 is 0.857 bits per heavy atom. The lowest BCUT2D eigenvalue weighted by molar-refractivity contribution is -0.317. The summed E-state index contributed by atoms with van der Waals surface area (Å²) < 4.78 is 0. The maximum Gasteiger partial charge on any atom is 0.0705 e. The molecule has 0 radical (unpaired) electrons. The molecule has 3 atom stereocenters. The second-order valence-electron chi connectivity index (χ2n) is 8.84. The van der Waals surface area contributed by atoms with Gasteiger partial charge in [0.2, 0.25) is 0 Å². The number of likely N-dealkylation sites (N-methyl/N-ethyl adjacent to an activating group) is 1. The van der Waals surface area contributed by atoms with E-state index in [1.54, 1.807) is 30.3 Å². The Bertz CT molecular complexity index is 1010. The summed E-state index contributed by atoms with van der Waals surface area (Å²) in [6, 6.07) is 29.4. The number of carboxylic acids is 2. The molecular formula is C29H31NO5-2. The van der Waals surface area contributed by atoms with Crippen LogP contribution in [0.4, 0.5) is 0 Å². The van der Waals surface area contributed by atoms with E-state index in [-0.39, 0.29) is 18.1 Å². The van der Waals surface area contributed by atoms with Crippen LogP contribution < -0.4 is 10.2 Å². The van der Waals surface area contributed by atoms with Crippen LogP contribution in [-0.2, 0) is 9.59 Å². The topological polar surface area (TPSA) is 104 Å². The lowest BCUT2D eigenvalue weighted by atomic mass is 9.79. The molecule has 1 aliphatic rings. The molecule has 3 unspecified atom stereocenters. The number of rotatable bonds is 7. The smallest absolute Gasteiger partial charge is 0.0705 e. The van der Waals surface area contributed by atoms with Gasteiger partial charge in [-0.15, -0.1) is 0 Å². The summed E-state index contributed by atoms with van der Waals surface area (Å²) in [5, 5.41) is 31.5. The third-order valence-electron chi connectivity index (χ3n) is 6.43. The third kappa shape index (κ3) is 7.25. The number of likely N-dealkylation sites (tertiary alicyclic amines) is 1. The highest BCUT2D eigenvalue weighted by Crippen LogP contribution is 2.35. The maximum atomic E-state index is 10.6. The number of benzene rings is 3. The van der Waals surface area contributed by atoms with Crippen LogP contribution in [0.5, 0.6) is 0 Å². The van der Waals surface area contributed by atoms with E-state index in [0.29, 0.717) is 5.56 Å². The first-order valence-corrected chi connectivity index (χ1v) is 11.8. The Morgan fingerprint density at radius 3 is 1.71 bits per heavy atom. The highest BCUT2D eigenvalue weighted by atomic mass is 16.4. The Hall–Kier alpha value is -3.48. The highest BCUT2D eigenvalue weighted by Gasteiger charge is 2.35. The Labute approximate surface area is 206 Å². The predicted molar refractivity (Wildman–Crippen MR) is 130 cm³/mol. The molecule has 1 fully saturated rings. The number of aliphatic carboxylic acids is 2. The number of hydrogen-bond acceptors (Lipinski definition) is 6. The fourth-order valence-corrected chi connectivity index (χ4v) is 4.74. The highest BCUT2D eigenvalue weighted by molar-refractivity contribution is 5.80. The molecule has 6 heteroatoms. The Balaban J connectivity index is 0.000000214. The molecule has 3 aromatic rings. The van der Waals surface area contributed by atoms with Crippen LogP contribution in [0.1, 0.15) is 47.8 Å². The standard InChI is InChI=1S/C19H23NO.C10H10O4/c1-20-14-8-13-17(21)19(20)18(15-9-4-2-5-10-15)16-11-6-3-7-12-16;11-9(12)6-8(10(13)14)7-4-2-1-3-5-7/h2-7,9-12,17-19,21H,8,13-14H2,1H3;1-5,8H,6H2,(H,11,12)(H,13,14)/p-2. The van der Waals surface area contributed by atoms with Crippen molar-refractivity contribution in [3.63, 3.8) is 0 Å². The molecule has 1 aliphatic heterocycles. The molecular weight excluding hydrogens is 442 g/mol. The van der Waals surface area contributed by atoms with Gasteiger partial charge in [-0.2, -0.15) is 0 Å².